The largest absolute Gasteiger partial charge is 0.309 e. The first-order valence-electron chi connectivity index (χ1n) is 5.24. The first-order valence-corrected chi connectivity index (χ1v) is 6.12. The molecule has 0 bridgehead atoms. The van der Waals surface area contributed by atoms with Crippen LogP contribution in [0.25, 0.3) is 0 Å². The fourth-order valence-corrected chi connectivity index (χ4v) is 2.57. The molecule has 14 heavy (non-hydrogen) atoms. The Labute approximate surface area is 88.3 Å². The fourth-order valence-electron chi connectivity index (χ4n) is 1.91. The van der Waals surface area contributed by atoms with Crippen LogP contribution in [0.5, 0.6) is 0 Å². The molecular formula is C11H16FNS. The Morgan fingerprint density at radius 3 is 2.79 bits per heavy atom. The Hall–Kier alpha value is -0.410. The monoisotopic (exact) mass is 213 g/mol. The molecule has 1 aliphatic rings. The van der Waals surface area contributed by atoms with E-state index in [9.17, 15) is 4.39 Å². The van der Waals surface area contributed by atoms with E-state index >= 15 is 0 Å². The van der Waals surface area contributed by atoms with Gasteiger partial charge in [0.15, 0.2) is 0 Å². The molecule has 1 fully saturated rings. The van der Waals surface area contributed by atoms with Crippen LogP contribution in [0, 0.1) is 0 Å². The zero-order chi connectivity index (χ0) is 9.80. The zero-order valence-electron chi connectivity index (χ0n) is 8.21. The van der Waals surface area contributed by atoms with Crippen LogP contribution >= 0.6 is 11.3 Å². The Bertz CT molecular complexity index is 252. The van der Waals surface area contributed by atoms with Gasteiger partial charge in [0.25, 0.3) is 0 Å². The van der Waals surface area contributed by atoms with Gasteiger partial charge >= 0.3 is 0 Å². The Balaban J connectivity index is 1.71. The van der Waals surface area contributed by atoms with Crippen molar-refractivity contribution < 1.29 is 4.39 Å². The molecule has 3 heteroatoms. The van der Waals surface area contributed by atoms with Gasteiger partial charge in [-0.1, -0.05) is 6.07 Å². The second-order valence-corrected chi connectivity index (χ2v) is 4.94. The van der Waals surface area contributed by atoms with Crippen LogP contribution in [-0.4, -0.2) is 12.2 Å². The average Bonchev–Trinajstić information content (AvgIpc) is 2.70. The number of alkyl halides is 1. The smallest absolute Gasteiger partial charge is 0.100 e. The number of hydrogen-bond donors (Lipinski definition) is 1. The topological polar surface area (TPSA) is 12.0 Å². The highest BCUT2D eigenvalue weighted by Gasteiger charge is 2.19. The molecular weight excluding hydrogens is 197 g/mol. The lowest BCUT2D eigenvalue weighted by atomic mass is 9.94. The molecule has 1 heterocycles. The van der Waals surface area contributed by atoms with Gasteiger partial charge in [0.1, 0.15) is 6.17 Å². The highest BCUT2D eigenvalue weighted by atomic mass is 32.1. The fraction of sp³-hybridized carbons (Fsp3) is 0.636. The molecule has 78 valence electrons. The summed E-state index contributed by atoms with van der Waals surface area (Å²) in [5.74, 6) is 0. The van der Waals surface area contributed by atoms with Crippen LogP contribution in [0.15, 0.2) is 17.5 Å². The van der Waals surface area contributed by atoms with Gasteiger partial charge in [-0.15, -0.1) is 11.3 Å². The molecule has 2 rings (SSSR count). The summed E-state index contributed by atoms with van der Waals surface area (Å²) in [4.78, 5) is 1.37. The quantitative estimate of drug-likeness (QED) is 0.813. The van der Waals surface area contributed by atoms with Crippen molar-refractivity contribution >= 4 is 11.3 Å². The molecule has 1 saturated carbocycles. The molecule has 0 amide bonds. The molecule has 0 unspecified atom stereocenters. The summed E-state index contributed by atoms with van der Waals surface area (Å²) in [6, 6.07) is 4.74. The zero-order valence-corrected chi connectivity index (χ0v) is 9.02. The minimum absolute atomic E-state index is 0.532. The van der Waals surface area contributed by atoms with Gasteiger partial charge < -0.3 is 5.32 Å². The lowest BCUT2D eigenvalue weighted by molar-refractivity contribution is 0.219. The first kappa shape index (κ1) is 10.1. The van der Waals surface area contributed by atoms with Gasteiger partial charge in [-0.2, -0.15) is 0 Å². The van der Waals surface area contributed by atoms with Crippen LogP contribution in [0.2, 0.25) is 0 Å². The van der Waals surface area contributed by atoms with Crippen LogP contribution in [0.1, 0.15) is 30.6 Å². The highest BCUT2D eigenvalue weighted by Crippen LogP contribution is 2.21. The van der Waals surface area contributed by atoms with Gasteiger partial charge in [-0.25, -0.2) is 4.39 Å². The van der Waals surface area contributed by atoms with Crippen LogP contribution in [0.4, 0.5) is 4.39 Å². The summed E-state index contributed by atoms with van der Waals surface area (Å²) < 4.78 is 12.8. The van der Waals surface area contributed by atoms with Crippen LogP contribution < -0.4 is 5.32 Å². The highest BCUT2D eigenvalue weighted by molar-refractivity contribution is 7.09. The second-order valence-electron chi connectivity index (χ2n) is 3.91. The van der Waals surface area contributed by atoms with Crippen molar-refractivity contribution in [2.24, 2.45) is 0 Å². The molecule has 0 saturated heterocycles. The summed E-state index contributed by atoms with van der Waals surface area (Å²) in [5.41, 5.74) is 0. The van der Waals surface area contributed by atoms with Crippen molar-refractivity contribution in [3.8, 4) is 0 Å². The third kappa shape index (κ3) is 2.79. The molecule has 1 N–H and O–H groups in total. The van der Waals surface area contributed by atoms with E-state index in [0.717, 1.165) is 32.2 Å². The number of nitrogens with one attached hydrogen (secondary N) is 1. The maximum Gasteiger partial charge on any atom is 0.100 e. The van der Waals surface area contributed by atoms with Gasteiger partial charge in [0, 0.05) is 17.5 Å². The van der Waals surface area contributed by atoms with Crippen molar-refractivity contribution in [1.82, 2.24) is 5.32 Å². The van der Waals surface area contributed by atoms with Crippen molar-refractivity contribution in [2.75, 3.05) is 0 Å². The molecule has 0 radical (unpaired) electrons. The normalized spacial score (nSPS) is 27.8. The summed E-state index contributed by atoms with van der Waals surface area (Å²) in [7, 11) is 0. The van der Waals surface area contributed by atoms with Crippen LogP contribution in [0.3, 0.4) is 0 Å². The maximum atomic E-state index is 12.8. The van der Waals surface area contributed by atoms with Gasteiger partial charge in [-0.3, -0.25) is 0 Å². The van der Waals surface area contributed by atoms with E-state index in [0.29, 0.717) is 6.04 Å². The molecule has 1 aliphatic carbocycles. The second kappa shape index (κ2) is 4.89. The van der Waals surface area contributed by atoms with Crippen molar-refractivity contribution in [2.45, 2.75) is 44.4 Å². The van der Waals surface area contributed by atoms with E-state index in [4.69, 9.17) is 0 Å². The molecule has 0 aliphatic heterocycles. The van der Waals surface area contributed by atoms with Crippen molar-refractivity contribution in [3.05, 3.63) is 22.4 Å². The van der Waals surface area contributed by atoms with E-state index in [2.05, 4.69) is 22.8 Å². The molecule has 1 aromatic heterocycles. The number of hydrogen-bond acceptors (Lipinski definition) is 2. The van der Waals surface area contributed by atoms with E-state index in [-0.39, 0.29) is 0 Å². The molecule has 1 aromatic rings. The molecule has 0 aromatic carbocycles. The number of thiophene rings is 1. The molecule has 0 atom stereocenters. The lowest BCUT2D eigenvalue weighted by Crippen LogP contribution is -2.32. The predicted octanol–water partition coefficient (Wildman–Crippen LogP) is 3.12. The van der Waals surface area contributed by atoms with Gasteiger partial charge in [-0.05, 0) is 37.1 Å². The minimum atomic E-state index is -0.546. The third-order valence-electron chi connectivity index (χ3n) is 2.80. The third-order valence-corrected chi connectivity index (χ3v) is 3.68. The average molecular weight is 213 g/mol. The van der Waals surface area contributed by atoms with E-state index in [1.54, 1.807) is 11.3 Å². The molecule has 1 nitrogen and oxygen atoms in total. The maximum absolute atomic E-state index is 12.8. The van der Waals surface area contributed by atoms with Gasteiger partial charge in [0.05, 0.1) is 0 Å². The summed E-state index contributed by atoms with van der Waals surface area (Å²) >= 11 is 1.78. The first-order chi connectivity index (χ1) is 6.84. The Kier molecular flexibility index (Phi) is 3.54. The van der Waals surface area contributed by atoms with E-state index in [1.807, 2.05) is 0 Å². The predicted molar refractivity (Wildman–Crippen MR) is 58.3 cm³/mol. The molecule has 0 spiro atoms. The van der Waals surface area contributed by atoms with Crippen LogP contribution in [-0.2, 0) is 6.54 Å². The Morgan fingerprint density at radius 1 is 1.36 bits per heavy atom. The number of halogens is 1. The van der Waals surface area contributed by atoms with Crippen molar-refractivity contribution in [3.63, 3.8) is 0 Å². The standard InChI is InChI=1S/C11H16FNS/c12-9-3-5-10(6-4-9)13-8-11-2-1-7-14-11/h1-2,7,9-10,13H,3-6,8H2. The SMILES string of the molecule is FC1CCC(NCc2cccs2)CC1. The van der Waals surface area contributed by atoms with E-state index in [1.165, 1.54) is 4.88 Å². The Morgan fingerprint density at radius 2 is 2.14 bits per heavy atom. The lowest BCUT2D eigenvalue weighted by Gasteiger charge is -2.24. The number of rotatable bonds is 3. The summed E-state index contributed by atoms with van der Waals surface area (Å²) in [6.45, 7) is 0.944. The van der Waals surface area contributed by atoms with Gasteiger partial charge in [0.2, 0.25) is 0 Å². The van der Waals surface area contributed by atoms with E-state index < -0.39 is 6.17 Å². The summed E-state index contributed by atoms with van der Waals surface area (Å²) in [6.07, 6.45) is 2.92. The minimum Gasteiger partial charge on any atom is -0.309 e. The van der Waals surface area contributed by atoms with Crippen molar-refractivity contribution in [1.29, 1.82) is 0 Å². The summed E-state index contributed by atoms with van der Waals surface area (Å²) in [5, 5.41) is 5.58.